The van der Waals surface area contributed by atoms with Crippen molar-refractivity contribution in [2.24, 2.45) is 0 Å². The second-order valence-electron chi connectivity index (χ2n) is 2.73. The number of hydrogen-bond acceptors (Lipinski definition) is 2. The van der Waals surface area contributed by atoms with Crippen LogP contribution in [0.1, 0.15) is 12.5 Å². The van der Waals surface area contributed by atoms with Crippen molar-refractivity contribution in [2.45, 2.75) is 6.92 Å². The first-order valence-corrected chi connectivity index (χ1v) is 5.21. The molecule has 0 amide bonds. The van der Waals surface area contributed by atoms with Crippen molar-refractivity contribution in [1.82, 2.24) is 0 Å². The van der Waals surface area contributed by atoms with E-state index in [-0.39, 0.29) is 0 Å². The second-order valence-corrected chi connectivity index (χ2v) is 3.00. The average Bonchev–Trinajstić information content (AvgIpc) is 2.28. The van der Waals surface area contributed by atoms with Crippen molar-refractivity contribution in [2.75, 3.05) is 19.6 Å². The van der Waals surface area contributed by atoms with Gasteiger partial charge in [-0.05, 0) is 25.1 Å². The molecule has 0 heterocycles. The van der Waals surface area contributed by atoms with Gasteiger partial charge in [-0.15, -0.1) is 11.6 Å². The Balaban J connectivity index is 3.04. The lowest BCUT2D eigenvalue weighted by molar-refractivity contribution is 0.338. The Kier molecular flexibility index (Phi) is 4.86. The Morgan fingerprint density at radius 3 is 2.80 bits per heavy atom. The molecule has 1 rings (SSSR count). The van der Waals surface area contributed by atoms with Gasteiger partial charge in [-0.3, -0.25) is 0 Å². The SMILES string of the molecule is CCOc1ccc(OC)cc1C#CCCl. The Bertz CT molecular complexity index is 377. The molecule has 0 bridgehead atoms. The predicted octanol–water partition coefficient (Wildman–Crippen LogP) is 2.68. The van der Waals surface area contributed by atoms with Gasteiger partial charge < -0.3 is 9.47 Å². The highest BCUT2D eigenvalue weighted by atomic mass is 35.5. The minimum atomic E-state index is 0.308. The van der Waals surface area contributed by atoms with Crippen molar-refractivity contribution in [1.29, 1.82) is 0 Å². The van der Waals surface area contributed by atoms with Crippen molar-refractivity contribution >= 4 is 11.6 Å². The van der Waals surface area contributed by atoms with Gasteiger partial charge in [0.25, 0.3) is 0 Å². The van der Waals surface area contributed by atoms with Crippen LogP contribution >= 0.6 is 11.6 Å². The van der Waals surface area contributed by atoms with Crippen LogP contribution in [0.25, 0.3) is 0 Å². The van der Waals surface area contributed by atoms with E-state index in [0.29, 0.717) is 12.5 Å². The van der Waals surface area contributed by atoms with Crippen LogP contribution in [0.4, 0.5) is 0 Å². The van der Waals surface area contributed by atoms with Gasteiger partial charge in [-0.1, -0.05) is 11.8 Å². The number of methoxy groups -OCH3 is 1. The van der Waals surface area contributed by atoms with Gasteiger partial charge in [0.2, 0.25) is 0 Å². The van der Waals surface area contributed by atoms with E-state index < -0.39 is 0 Å². The van der Waals surface area contributed by atoms with E-state index in [0.717, 1.165) is 17.1 Å². The van der Waals surface area contributed by atoms with E-state index in [1.807, 2.05) is 25.1 Å². The first kappa shape index (κ1) is 11.7. The number of rotatable bonds is 3. The molecule has 0 atom stereocenters. The minimum Gasteiger partial charge on any atom is -0.497 e. The molecule has 15 heavy (non-hydrogen) atoms. The second kappa shape index (κ2) is 6.21. The summed E-state index contributed by atoms with van der Waals surface area (Å²) in [4.78, 5) is 0. The Labute approximate surface area is 95.2 Å². The molecule has 0 spiro atoms. The van der Waals surface area contributed by atoms with E-state index in [1.54, 1.807) is 7.11 Å². The molecule has 0 unspecified atom stereocenters. The molecule has 80 valence electrons. The molecule has 3 heteroatoms. The summed E-state index contributed by atoms with van der Waals surface area (Å²) in [6, 6.07) is 5.53. The molecule has 0 aliphatic carbocycles. The van der Waals surface area contributed by atoms with Gasteiger partial charge in [0.1, 0.15) is 11.5 Å². The third kappa shape index (κ3) is 3.38. The van der Waals surface area contributed by atoms with Crippen LogP contribution in [0.3, 0.4) is 0 Å². The normalized spacial score (nSPS) is 9.00. The highest BCUT2D eigenvalue weighted by molar-refractivity contribution is 6.19. The molecular formula is C12H13ClO2. The summed E-state index contributed by atoms with van der Waals surface area (Å²) < 4.78 is 10.5. The molecular weight excluding hydrogens is 212 g/mol. The maximum absolute atomic E-state index is 5.51. The quantitative estimate of drug-likeness (QED) is 0.581. The van der Waals surface area contributed by atoms with Gasteiger partial charge in [-0.2, -0.15) is 0 Å². The molecule has 2 nitrogen and oxygen atoms in total. The summed E-state index contributed by atoms with van der Waals surface area (Å²) in [5.41, 5.74) is 0.803. The van der Waals surface area contributed by atoms with Gasteiger partial charge in [0, 0.05) is 0 Å². The molecule has 0 saturated carbocycles. The number of ether oxygens (including phenoxy) is 2. The standard InChI is InChI=1S/C12H13ClO2/c1-3-15-12-7-6-11(14-2)9-10(12)5-4-8-13/h6-7,9H,3,8H2,1-2H3. The summed E-state index contributed by atoms with van der Waals surface area (Å²) in [5, 5.41) is 0. The van der Waals surface area contributed by atoms with Crippen LogP contribution in [0.5, 0.6) is 11.5 Å². The monoisotopic (exact) mass is 224 g/mol. The average molecular weight is 225 g/mol. The summed E-state index contributed by atoms with van der Waals surface area (Å²) in [6.45, 7) is 2.55. The maximum atomic E-state index is 5.51. The van der Waals surface area contributed by atoms with Crippen molar-refractivity contribution in [3.05, 3.63) is 23.8 Å². The van der Waals surface area contributed by atoms with Crippen LogP contribution in [0.15, 0.2) is 18.2 Å². The molecule has 0 aliphatic heterocycles. The summed E-state index contributed by atoms with van der Waals surface area (Å²) >= 11 is 5.51. The lowest BCUT2D eigenvalue weighted by Gasteiger charge is -2.07. The lowest BCUT2D eigenvalue weighted by atomic mass is 10.2. The van der Waals surface area contributed by atoms with Crippen molar-refractivity contribution in [3.8, 4) is 23.3 Å². The zero-order valence-corrected chi connectivity index (χ0v) is 9.60. The minimum absolute atomic E-state index is 0.308. The Hall–Kier alpha value is -1.33. The fraction of sp³-hybridized carbons (Fsp3) is 0.333. The lowest BCUT2D eigenvalue weighted by Crippen LogP contribution is -1.95. The Morgan fingerprint density at radius 1 is 1.40 bits per heavy atom. The first-order chi connectivity index (χ1) is 7.31. The van der Waals surface area contributed by atoms with Crippen molar-refractivity contribution in [3.63, 3.8) is 0 Å². The zero-order chi connectivity index (χ0) is 11.1. The van der Waals surface area contributed by atoms with Gasteiger partial charge in [0.15, 0.2) is 0 Å². The first-order valence-electron chi connectivity index (χ1n) is 4.67. The van der Waals surface area contributed by atoms with Crippen LogP contribution in [-0.2, 0) is 0 Å². The number of halogens is 1. The molecule has 0 aromatic heterocycles. The molecule has 0 radical (unpaired) electrons. The molecule has 1 aromatic rings. The third-order valence-electron chi connectivity index (χ3n) is 1.78. The number of hydrogen-bond donors (Lipinski definition) is 0. The van der Waals surface area contributed by atoms with Crippen LogP contribution in [0, 0.1) is 11.8 Å². The van der Waals surface area contributed by atoms with Crippen LogP contribution < -0.4 is 9.47 Å². The van der Waals surface area contributed by atoms with E-state index in [1.165, 1.54) is 0 Å². The van der Waals surface area contributed by atoms with E-state index >= 15 is 0 Å². The number of alkyl halides is 1. The van der Waals surface area contributed by atoms with Crippen LogP contribution in [-0.4, -0.2) is 19.6 Å². The smallest absolute Gasteiger partial charge is 0.135 e. The molecule has 0 fully saturated rings. The predicted molar refractivity (Wildman–Crippen MR) is 61.8 cm³/mol. The van der Waals surface area contributed by atoms with E-state index in [9.17, 15) is 0 Å². The number of benzene rings is 1. The summed E-state index contributed by atoms with van der Waals surface area (Å²) in [7, 11) is 1.62. The van der Waals surface area contributed by atoms with E-state index in [2.05, 4.69) is 11.8 Å². The zero-order valence-electron chi connectivity index (χ0n) is 8.84. The fourth-order valence-electron chi connectivity index (χ4n) is 1.14. The highest BCUT2D eigenvalue weighted by Crippen LogP contribution is 2.23. The van der Waals surface area contributed by atoms with Crippen molar-refractivity contribution < 1.29 is 9.47 Å². The largest absolute Gasteiger partial charge is 0.497 e. The fourth-order valence-corrected chi connectivity index (χ4v) is 1.21. The van der Waals surface area contributed by atoms with E-state index in [4.69, 9.17) is 21.1 Å². The molecule has 0 N–H and O–H groups in total. The highest BCUT2D eigenvalue weighted by Gasteiger charge is 2.02. The van der Waals surface area contributed by atoms with Gasteiger partial charge >= 0.3 is 0 Å². The van der Waals surface area contributed by atoms with Gasteiger partial charge in [0.05, 0.1) is 25.2 Å². The summed E-state index contributed by atoms with van der Waals surface area (Å²) in [6.07, 6.45) is 0. The molecule has 0 saturated heterocycles. The molecule has 0 aliphatic rings. The third-order valence-corrected chi connectivity index (χ3v) is 1.91. The summed E-state index contributed by atoms with van der Waals surface area (Å²) in [5.74, 6) is 7.56. The maximum Gasteiger partial charge on any atom is 0.135 e. The molecule has 1 aromatic carbocycles. The van der Waals surface area contributed by atoms with Gasteiger partial charge in [-0.25, -0.2) is 0 Å². The Morgan fingerprint density at radius 2 is 2.20 bits per heavy atom. The topological polar surface area (TPSA) is 18.5 Å². The van der Waals surface area contributed by atoms with Crippen LogP contribution in [0.2, 0.25) is 0 Å².